The third-order valence-corrected chi connectivity index (χ3v) is 3.97. The predicted octanol–water partition coefficient (Wildman–Crippen LogP) is 1.80. The monoisotopic (exact) mass is 263 g/mol. The van der Waals surface area contributed by atoms with Crippen LogP contribution >= 0.6 is 0 Å². The summed E-state index contributed by atoms with van der Waals surface area (Å²) in [7, 11) is 4.73. The van der Waals surface area contributed by atoms with Crippen molar-refractivity contribution in [2.24, 2.45) is 0 Å². The SMILES string of the molecule is CN(C)c1ccc([Si]=Cc2ccc(C#N)cc2)cc1. The minimum Gasteiger partial charge on any atom is -0.378 e. The Morgan fingerprint density at radius 3 is 2.16 bits per heavy atom. The third kappa shape index (κ3) is 3.64. The van der Waals surface area contributed by atoms with Crippen molar-refractivity contribution in [3.63, 3.8) is 0 Å². The standard InChI is InChI=1S/C16H15N2Si/c1-18(2)15-7-9-16(10-8-15)19-12-14-5-3-13(11-17)4-6-14/h3-10,12H,1-2H3. The molecule has 3 heteroatoms. The van der Waals surface area contributed by atoms with Gasteiger partial charge in [-0.2, -0.15) is 5.26 Å². The number of anilines is 1. The average Bonchev–Trinajstić information content (AvgIpc) is 2.46. The van der Waals surface area contributed by atoms with Crippen molar-refractivity contribution < 1.29 is 0 Å². The maximum atomic E-state index is 8.74. The number of hydrogen-bond donors (Lipinski definition) is 0. The van der Waals surface area contributed by atoms with Crippen molar-refractivity contribution in [2.45, 2.75) is 0 Å². The highest BCUT2D eigenvalue weighted by Gasteiger charge is 1.94. The highest BCUT2D eigenvalue weighted by Crippen LogP contribution is 2.06. The number of nitriles is 1. The number of benzene rings is 2. The van der Waals surface area contributed by atoms with Crippen LogP contribution in [0.4, 0.5) is 5.69 Å². The zero-order valence-corrected chi connectivity index (χ0v) is 12.1. The summed E-state index contributed by atoms with van der Waals surface area (Å²) in [5, 5.41) is 10.1. The lowest BCUT2D eigenvalue weighted by molar-refractivity contribution is 1.13. The fourth-order valence-electron chi connectivity index (χ4n) is 1.68. The molecule has 0 N–H and O–H groups in total. The Labute approximate surface area is 116 Å². The first-order valence-electron chi connectivity index (χ1n) is 6.06. The summed E-state index contributed by atoms with van der Waals surface area (Å²) in [6, 6.07) is 18.4. The van der Waals surface area contributed by atoms with Crippen LogP contribution in [0.1, 0.15) is 11.1 Å². The average molecular weight is 263 g/mol. The van der Waals surface area contributed by atoms with E-state index in [2.05, 4.69) is 40.9 Å². The van der Waals surface area contributed by atoms with E-state index in [0.717, 1.165) is 5.56 Å². The maximum Gasteiger partial charge on any atom is 0.0991 e. The van der Waals surface area contributed by atoms with E-state index < -0.39 is 0 Å². The van der Waals surface area contributed by atoms with Crippen LogP contribution in [0.3, 0.4) is 0 Å². The Kier molecular flexibility index (Phi) is 4.27. The van der Waals surface area contributed by atoms with Gasteiger partial charge >= 0.3 is 0 Å². The Morgan fingerprint density at radius 1 is 1.00 bits per heavy atom. The lowest BCUT2D eigenvalue weighted by atomic mass is 10.2. The number of rotatable bonds is 3. The molecule has 1 radical (unpaired) electrons. The van der Waals surface area contributed by atoms with Crippen LogP contribution in [-0.4, -0.2) is 28.9 Å². The van der Waals surface area contributed by atoms with Crippen LogP contribution in [-0.2, 0) is 0 Å². The fraction of sp³-hybridized carbons (Fsp3) is 0.125. The topological polar surface area (TPSA) is 27.0 Å². The molecule has 0 unspecified atom stereocenters. The molecule has 93 valence electrons. The molecular formula is C16H15N2Si. The van der Waals surface area contributed by atoms with Crippen LogP contribution in [0.25, 0.3) is 0 Å². The van der Waals surface area contributed by atoms with E-state index in [4.69, 9.17) is 5.26 Å². The molecule has 2 aromatic carbocycles. The molecule has 2 rings (SSSR count). The Hall–Kier alpha value is -2.18. The van der Waals surface area contributed by atoms with Gasteiger partial charge in [-0.15, -0.1) is 0 Å². The van der Waals surface area contributed by atoms with Gasteiger partial charge in [0.05, 0.1) is 20.8 Å². The van der Waals surface area contributed by atoms with Crippen LogP contribution in [0.15, 0.2) is 48.5 Å². The molecule has 0 aromatic heterocycles. The highest BCUT2D eigenvalue weighted by molar-refractivity contribution is 6.63. The van der Waals surface area contributed by atoms with E-state index in [-0.39, 0.29) is 0 Å². The van der Waals surface area contributed by atoms with Crippen molar-refractivity contribution in [1.29, 1.82) is 5.26 Å². The minimum atomic E-state index is 0.643. The molecule has 2 nitrogen and oxygen atoms in total. The van der Waals surface area contributed by atoms with Gasteiger partial charge in [-0.25, -0.2) is 0 Å². The molecule has 0 saturated heterocycles. The van der Waals surface area contributed by atoms with E-state index >= 15 is 0 Å². The summed E-state index contributed by atoms with van der Waals surface area (Å²) >= 11 is 0. The highest BCUT2D eigenvalue weighted by atomic mass is 28.2. The van der Waals surface area contributed by atoms with E-state index in [1.807, 2.05) is 38.4 Å². The molecular weight excluding hydrogens is 248 g/mol. The van der Waals surface area contributed by atoms with Crippen molar-refractivity contribution in [3.8, 4) is 6.07 Å². The Bertz CT molecular complexity index is 605. The van der Waals surface area contributed by atoms with Gasteiger partial charge in [0.25, 0.3) is 0 Å². The van der Waals surface area contributed by atoms with Gasteiger partial charge in [0.1, 0.15) is 0 Å². The van der Waals surface area contributed by atoms with Crippen LogP contribution < -0.4 is 10.1 Å². The van der Waals surface area contributed by atoms with Crippen LogP contribution in [0.2, 0.25) is 0 Å². The third-order valence-electron chi connectivity index (χ3n) is 2.83. The van der Waals surface area contributed by atoms with E-state index in [1.54, 1.807) is 0 Å². The number of nitrogens with zero attached hydrogens (tertiary/aromatic N) is 2. The first kappa shape index (κ1) is 13.3. The molecule has 2 aromatic rings. The smallest absolute Gasteiger partial charge is 0.0991 e. The van der Waals surface area contributed by atoms with E-state index in [1.165, 1.54) is 10.9 Å². The van der Waals surface area contributed by atoms with Crippen LogP contribution in [0, 0.1) is 11.3 Å². The molecule has 0 saturated carbocycles. The van der Waals surface area contributed by atoms with E-state index in [9.17, 15) is 0 Å². The Morgan fingerprint density at radius 2 is 1.63 bits per heavy atom. The largest absolute Gasteiger partial charge is 0.378 e. The number of hydrogen-bond acceptors (Lipinski definition) is 2. The lowest BCUT2D eigenvalue weighted by Crippen LogP contribution is -2.13. The lowest BCUT2D eigenvalue weighted by Gasteiger charge is -2.11. The molecule has 0 aliphatic heterocycles. The minimum absolute atomic E-state index is 0.643. The van der Waals surface area contributed by atoms with Crippen molar-refractivity contribution in [1.82, 2.24) is 0 Å². The van der Waals surface area contributed by atoms with E-state index in [0.29, 0.717) is 14.7 Å². The summed E-state index contributed by atoms with van der Waals surface area (Å²) in [6.07, 6.45) is 0. The molecule has 0 heterocycles. The Balaban J connectivity index is 2.11. The second kappa shape index (κ2) is 6.12. The van der Waals surface area contributed by atoms with Gasteiger partial charge in [0.15, 0.2) is 0 Å². The van der Waals surface area contributed by atoms with Crippen molar-refractivity contribution in [3.05, 3.63) is 59.7 Å². The zero-order chi connectivity index (χ0) is 13.7. The first-order chi connectivity index (χ1) is 9.19. The summed E-state index contributed by atoms with van der Waals surface area (Å²) in [5.74, 6) is 0. The summed E-state index contributed by atoms with van der Waals surface area (Å²) in [5.41, 5.74) is 5.28. The maximum absolute atomic E-state index is 8.74. The van der Waals surface area contributed by atoms with Crippen molar-refractivity contribution in [2.75, 3.05) is 19.0 Å². The molecule has 0 bridgehead atoms. The molecule has 0 spiro atoms. The van der Waals surface area contributed by atoms with Gasteiger partial charge in [-0.05, 0) is 35.0 Å². The molecule has 0 aliphatic carbocycles. The predicted molar refractivity (Wildman–Crippen MR) is 82.5 cm³/mol. The van der Waals surface area contributed by atoms with Gasteiger partial charge in [-0.3, -0.25) is 0 Å². The van der Waals surface area contributed by atoms with Crippen molar-refractivity contribution >= 4 is 25.7 Å². The summed E-state index contributed by atoms with van der Waals surface area (Å²) in [4.78, 5) is 2.09. The second-order valence-corrected chi connectivity index (χ2v) is 5.62. The molecule has 0 fully saturated rings. The first-order valence-corrected chi connectivity index (χ1v) is 7.14. The van der Waals surface area contributed by atoms with Gasteiger partial charge in [0.2, 0.25) is 0 Å². The van der Waals surface area contributed by atoms with Crippen LogP contribution in [0.5, 0.6) is 0 Å². The van der Waals surface area contributed by atoms with Gasteiger partial charge < -0.3 is 4.90 Å². The zero-order valence-electron chi connectivity index (χ0n) is 11.1. The summed E-state index contributed by atoms with van der Waals surface area (Å²) in [6.45, 7) is 0. The molecule has 19 heavy (non-hydrogen) atoms. The summed E-state index contributed by atoms with van der Waals surface area (Å²) < 4.78 is 0. The normalized spacial score (nSPS) is 10.4. The molecule has 0 amide bonds. The fourth-order valence-corrected chi connectivity index (χ4v) is 2.56. The molecule has 0 aliphatic rings. The van der Waals surface area contributed by atoms with Gasteiger partial charge in [0, 0.05) is 19.8 Å². The molecule has 0 atom stereocenters. The second-order valence-electron chi connectivity index (χ2n) is 4.46. The quantitative estimate of drug-likeness (QED) is 0.790. The van der Waals surface area contributed by atoms with Gasteiger partial charge in [-0.1, -0.05) is 29.9 Å².